The summed E-state index contributed by atoms with van der Waals surface area (Å²) in [5, 5.41) is 6.18. The van der Waals surface area contributed by atoms with Crippen molar-refractivity contribution in [3.05, 3.63) is 0 Å². The number of piperidine rings is 1. The van der Waals surface area contributed by atoms with Gasteiger partial charge in [0.1, 0.15) is 0 Å². The topological polar surface area (TPSA) is 41.1 Å². The fraction of sp³-hybridized carbons (Fsp3) is 0.900. The fourth-order valence-corrected chi connectivity index (χ4v) is 1.50. The molecular weight excluding hydrogens is 164 g/mol. The maximum absolute atomic E-state index is 11.5. The summed E-state index contributed by atoms with van der Waals surface area (Å²) in [7, 11) is 0. The summed E-state index contributed by atoms with van der Waals surface area (Å²) in [5.41, 5.74) is 0. The highest BCUT2D eigenvalue weighted by Crippen LogP contribution is 2.06. The van der Waals surface area contributed by atoms with Crippen molar-refractivity contribution in [1.82, 2.24) is 10.6 Å². The van der Waals surface area contributed by atoms with Crippen LogP contribution in [-0.4, -0.2) is 25.0 Å². The molecule has 76 valence electrons. The number of carbonyl (C=O) groups excluding carboxylic acids is 1. The van der Waals surface area contributed by atoms with Crippen LogP contribution < -0.4 is 10.6 Å². The molecule has 1 atom stereocenters. The standard InChI is InChI=1S/C10H20N2O/c1-8(2)7-12-10(13)9-5-3-4-6-11-9/h8-9,11H,3-7H2,1-2H3,(H,12,13)/t9-/m1/s1. The van der Waals surface area contributed by atoms with Crippen LogP contribution in [0.3, 0.4) is 0 Å². The smallest absolute Gasteiger partial charge is 0.237 e. The number of rotatable bonds is 3. The van der Waals surface area contributed by atoms with Crippen molar-refractivity contribution < 1.29 is 4.79 Å². The molecule has 0 aromatic carbocycles. The normalized spacial score (nSPS) is 23.2. The number of amides is 1. The van der Waals surface area contributed by atoms with E-state index in [1.54, 1.807) is 0 Å². The van der Waals surface area contributed by atoms with E-state index in [9.17, 15) is 4.79 Å². The first-order valence-corrected chi connectivity index (χ1v) is 5.21. The molecule has 1 heterocycles. The lowest BCUT2D eigenvalue weighted by Crippen LogP contribution is -2.47. The van der Waals surface area contributed by atoms with Crippen molar-refractivity contribution in [2.45, 2.75) is 39.2 Å². The molecule has 1 saturated heterocycles. The van der Waals surface area contributed by atoms with Gasteiger partial charge in [0.25, 0.3) is 0 Å². The molecule has 0 aliphatic carbocycles. The molecule has 0 saturated carbocycles. The molecule has 1 aliphatic rings. The third kappa shape index (κ3) is 3.77. The Morgan fingerprint density at radius 2 is 2.31 bits per heavy atom. The zero-order valence-electron chi connectivity index (χ0n) is 8.60. The SMILES string of the molecule is CC(C)CNC(=O)[C@H]1CCCCN1. The number of nitrogens with one attached hydrogen (secondary N) is 2. The average molecular weight is 184 g/mol. The van der Waals surface area contributed by atoms with Gasteiger partial charge in [-0.1, -0.05) is 20.3 Å². The van der Waals surface area contributed by atoms with Crippen LogP contribution in [0.15, 0.2) is 0 Å². The molecule has 1 fully saturated rings. The van der Waals surface area contributed by atoms with Crippen LogP contribution in [0, 0.1) is 5.92 Å². The zero-order chi connectivity index (χ0) is 9.68. The zero-order valence-corrected chi connectivity index (χ0v) is 8.60. The Bertz CT molecular complexity index is 162. The summed E-state index contributed by atoms with van der Waals surface area (Å²) in [5.74, 6) is 0.709. The Kier molecular flexibility index (Phi) is 4.22. The van der Waals surface area contributed by atoms with Gasteiger partial charge in [0.2, 0.25) is 5.91 Å². The van der Waals surface area contributed by atoms with Gasteiger partial charge in [0.05, 0.1) is 6.04 Å². The van der Waals surface area contributed by atoms with Crippen LogP contribution in [-0.2, 0) is 4.79 Å². The van der Waals surface area contributed by atoms with Crippen molar-refractivity contribution >= 4 is 5.91 Å². The van der Waals surface area contributed by atoms with Gasteiger partial charge in [-0.3, -0.25) is 4.79 Å². The first-order valence-electron chi connectivity index (χ1n) is 5.21. The Labute approximate surface area is 80.3 Å². The van der Waals surface area contributed by atoms with Gasteiger partial charge in [0.15, 0.2) is 0 Å². The maximum Gasteiger partial charge on any atom is 0.237 e. The highest BCUT2D eigenvalue weighted by Gasteiger charge is 2.19. The minimum atomic E-state index is 0.0625. The van der Waals surface area contributed by atoms with Crippen molar-refractivity contribution in [1.29, 1.82) is 0 Å². The summed E-state index contributed by atoms with van der Waals surface area (Å²) < 4.78 is 0. The molecule has 0 aromatic rings. The number of carbonyl (C=O) groups is 1. The highest BCUT2D eigenvalue weighted by atomic mass is 16.2. The van der Waals surface area contributed by atoms with E-state index in [4.69, 9.17) is 0 Å². The molecule has 2 N–H and O–H groups in total. The van der Waals surface area contributed by atoms with Gasteiger partial charge >= 0.3 is 0 Å². The van der Waals surface area contributed by atoms with E-state index in [2.05, 4.69) is 24.5 Å². The summed E-state index contributed by atoms with van der Waals surface area (Å²) in [6, 6.07) is 0.0625. The van der Waals surface area contributed by atoms with E-state index >= 15 is 0 Å². The highest BCUT2D eigenvalue weighted by molar-refractivity contribution is 5.81. The molecule has 0 radical (unpaired) electrons. The van der Waals surface area contributed by atoms with Crippen LogP contribution in [0.1, 0.15) is 33.1 Å². The van der Waals surface area contributed by atoms with Crippen LogP contribution in [0.5, 0.6) is 0 Å². The molecule has 0 aromatic heterocycles. The molecule has 3 nitrogen and oxygen atoms in total. The van der Waals surface area contributed by atoms with E-state index in [1.807, 2.05) is 0 Å². The second-order valence-electron chi connectivity index (χ2n) is 4.14. The van der Waals surface area contributed by atoms with Crippen LogP contribution in [0.25, 0.3) is 0 Å². The van der Waals surface area contributed by atoms with Gasteiger partial charge in [-0.15, -0.1) is 0 Å². The monoisotopic (exact) mass is 184 g/mol. The van der Waals surface area contributed by atoms with E-state index in [1.165, 1.54) is 12.8 Å². The molecule has 3 heteroatoms. The lowest BCUT2D eigenvalue weighted by molar-refractivity contribution is -0.123. The third-order valence-electron chi connectivity index (χ3n) is 2.31. The first-order chi connectivity index (χ1) is 6.20. The van der Waals surface area contributed by atoms with Crippen molar-refractivity contribution in [2.75, 3.05) is 13.1 Å². The largest absolute Gasteiger partial charge is 0.354 e. The van der Waals surface area contributed by atoms with Crippen molar-refractivity contribution in [3.8, 4) is 0 Å². The van der Waals surface area contributed by atoms with E-state index in [-0.39, 0.29) is 11.9 Å². The molecular formula is C10H20N2O. The minimum Gasteiger partial charge on any atom is -0.354 e. The van der Waals surface area contributed by atoms with E-state index < -0.39 is 0 Å². The quantitative estimate of drug-likeness (QED) is 0.684. The summed E-state index contributed by atoms with van der Waals surface area (Å²) in [6.07, 6.45) is 3.37. The van der Waals surface area contributed by atoms with Crippen LogP contribution in [0.2, 0.25) is 0 Å². The van der Waals surface area contributed by atoms with E-state index in [0.717, 1.165) is 19.5 Å². The van der Waals surface area contributed by atoms with Crippen LogP contribution in [0.4, 0.5) is 0 Å². The van der Waals surface area contributed by atoms with Gasteiger partial charge in [-0.2, -0.15) is 0 Å². The van der Waals surface area contributed by atoms with E-state index in [0.29, 0.717) is 5.92 Å². The van der Waals surface area contributed by atoms with Crippen molar-refractivity contribution in [2.24, 2.45) is 5.92 Å². The van der Waals surface area contributed by atoms with Crippen molar-refractivity contribution in [3.63, 3.8) is 0 Å². The fourth-order valence-electron chi connectivity index (χ4n) is 1.50. The molecule has 1 amide bonds. The molecule has 1 aliphatic heterocycles. The van der Waals surface area contributed by atoms with Gasteiger partial charge < -0.3 is 10.6 Å². The lowest BCUT2D eigenvalue weighted by Gasteiger charge is -2.22. The Balaban J connectivity index is 2.21. The Hall–Kier alpha value is -0.570. The maximum atomic E-state index is 11.5. The van der Waals surface area contributed by atoms with Gasteiger partial charge in [-0.05, 0) is 25.3 Å². The minimum absolute atomic E-state index is 0.0625. The average Bonchev–Trinajstić information content (AvgIpc) is 2.15. The predicted molar refractivity (Wildman–Crippen MR) is 53.5 cm³/mol. The summed E-state index contributed by atoms with van der Waals surface area (Å²) >= 11 is 0. The number of hydrogen-bond acceptors (Lipinski definition) is 2. The summed E-state index contributed by atoms with van der Waals surface area (Å²) in [6.45, 7) is 5.99. The number of hydrogen-bond donors (Lipinski definition) is 2. The van der Waals surface area contributed by atoms with Gasteiger partial charge in [0, 0.05) is 6.54 Å². The van der Waals surface area contributed by atoms with Gasteiger partial charge in [-0.25, -0.2) is 0 Å². The second kappa shape index (κ2) is 5.22. The molecule has 0 bridgehead atoms. The lowest BCUT2D eigenvalue weighted by atomic mass is 10.0. The second-order valence-corrected chi connectivity index (χ2v) is 4.14. The Morgan fingerprint density at radius 3 is 2.85 bits per heavy atom. The molecule has 13 heavy (non-hydrogen) atoms. The van der Waals surface area contributed by atoms with Crippen LogP contribution >= 0.6 is 0 Å². The first kappa shape index (κ1) is 10.5. The molecule has 1 rings (SSSR count). The summed E-state index contributed by atoms with van der Waals surface area (Å²) in [4.78, 5) is 11.5. The molecule has 0 unspecified atom stereocenters. The Morgan fingerprint density at radius 1 is 1.54 bits per heavy atom. The predicted octanol–water partition coefficient (Wildman–Crippen LogP) is 0.901. The third-order valence-corrected chi connectivity index (χ3v) is 2.31. The molecule has 0 spiro atoms.